The molecule has 0 unspecified atom stereocenters. The van der Waals surface area contributed by atoms with Crippen LogP contribution in [0.5, 0.6) is 0 Å². The third-order valence-electron chi connectivity index (χ3n) is 3.73. The van der Waals surface area contributed by atoms with Gasteiger partial charge in [0.05, 0.1) is 11.4 Å². The molecule has 2 heterocycles. The van der Waals surface area contributed by atoms with Crippen molar-refractivity contribution in [2.75, 3.05) is 0 Å². The normalized spacial score (nSPS) is 10.8. The van der Waals surface area contributed by atoms with E-state index in [4.69, 9.17) is 0 Å². The Bertz CT molecular complexity index is 788. The van der Waals surface area contributed by atoms with Crippen molar-refractivity contribution in [3.8, 4) is 16.9 Å². The van der Waals surface area contributed by atoms with E-state index >= 15 is 0 Å². The maximum Gasteiger partial charge on any atom is 0.275 e. The first-order chi connectivity index (χ1) is 10.8. The smallest absolute Gasteiger partial charge is 0.275 e. The van der Waals surface area contributed by atoms with Gasteiger partial charge in [-0.1, -0.05) is 31.5 Å². The predicted molar refractivity (Wildman–Crippen MR) is 88.2 cm³/mol. The topological polar surface area (TPSA) is 50.7 Å². The summed E-state index contributed by atoms with van der Waals surface area (Å²) in [6, 6.07) is 13.5. The minimum Gasteiger partial charge on any atom is -0.290 e. The van der Waals surface area contributed by atoms with Gasteiger partial charge in [0.25, 0.3) is 5.56 Å². The molecule has 0 bridgehead atoms. The highest BCUT2D eigenvalue weighted by atomic mass is 16.1. The Balaban J connectivity index is 2.14. The SMILES string of the molecule is CCCCc1c(-c2cccnc2)[nH]n(-c2ccccc2)c1=O. The quantitative estimate of drug-likeness (QED) is 0.782. The number of unbranched alkanes of at least 4 members (excludes halogenated alkanes) is 1. The first kappa shape index (κ1) is 14.3. The molecule has 4 heteroatoms. The summed E-state index contributed by atoms with van der Waals surface area (Å²) in [4.78, 5) is 16.9. The first-order valence-corrected chi connectivity index (χ1v) is 7.61. The van der Waals surface area contributed by atoms with E-state index in [9.17, 15) is 4.79 Å². The minimum absolute atomic E-state index is 0.0264. The van der Waals surface area contributed by atoms with E-state index in [0.717, 1.165) is 41.8 Å². The fraction of sp³-hybridized carbons (Fsp3) is 0.222. The zero-order chi connectivity index (χ0) is 15.4. The van der Waals surface area contributed by atoms with Crippen LogP contribution in [0.1, 0.15) is 25.3 Å². The molecule has 0 aliphatic rings. The molecule has 0 radical (unpaired) electrons. The summed E-state index contributed by atoms with van der Waals surface area (Å²) in [5.41, 5.74) is 3.52. The van der Waals surface area contributed by atoms with Crippen molar-refractivity contribution >= 4 is 0 Å². The summed E-state index contributed by atoms with van der Waals surface area (Å²) in [6.45, 7) is 2.13. The molecule has 1 aromatic carbocycles. The Morgan fingerprint density at radius 1 is 1.14 bits per heavy atom. The lowest BCUT2D eigenvalue weighted by Gasteiger charge is -2.02. The van der Waals surface area contributed by atoms with Gasteiger partial charge < -0.3 is 0 Å². The zero-order valence-corrected chi connectivity index (χ0v) is 12.6. The summed E-state index contributed by atoms with van der Waals surface area (Å²) in [6.07, 6.45) is 6.35. The molecule has 0 spiro atoms. The van der Waals surface area contributed by atoms with Crippen molar-refractivity contribution in [2.24, 2.45) is 0 Å². The first-order valence-electron chi connectivity index (χ1n) is 7.61. The van der Waals surface area contributed by atoms with Crippen LogP contribution in [0.2, 0.25) is 0 Å². The van der Waals surface area contributed by atoms with Gasteiger partial charge in [-0.15, -0.1) is 0 Å². The largest absolute Gasteiger partial charge is 0.290 e. The summed E-state index contributed by atoms with van der Waals surface area (Å²) in [7, 11) is 0. The van der Waals surface area contributed by atoms with Crippen molar-refractivity contribution in [2.45, 2.75) is 26.2 Å². The number of pyridine rings is 1. The van der Waals surface area contributed by atoms with E-state index in [1.54, 1.807) is 17.1 Å². The number of aromatic amines is 1. The Morgan fingerprint density at radius 2 is 1.95 bits per heavy atom. The molecule has 0 aliphatic heterocycles. The molecule has 3 rings (SSSR count). The number of hydrogen-bond donors (Lipinski definition) is 1. The lowest BCUT2D eigenvalue weighted by molar-refractivity contribution is 0.786. The number of H-pyrrole nitrogens is 1. The van der Waals surface area contributed by atoms with E-state index in [2.05, 4.69) is 17.0 Å². The number of nitrogens with zero attached hydrogens (tertiary/aromatic N) is 2. The standard InChI is InChI=1S/C18H19N3O/c1-2-3-11-16-17(14-8-7-12-19-13-14)20-21(18(16)22)15-9-5-4-6-10-15/h4-10,12-13,20H,2-3,11H2,1H3. The molecular formula is C18H19N3O. The third kappa shape index (κ3) is 2.72. The lowest BCUT2D eigenvalue weighted by atomic mass is 10.1. The average molecular weight is 293 g/mol. The molecule has 0 amide bonds. The fourth-order valence-corrected chi connectivity index (χ4v) is 2.57. The number of benzene rings is 1. The number of hydrogen-bond acceptors (Lipinski definition) is 2. The molecule has 3 aromatic rings. The second kappa shape index (κ2) is 6.43. The molecule has 0 saturated heterocycles. The van der Waals surface area contributed by atoms with E-state index in [-0.39, 0.29) is 5.56 Å². The summed E-state index contributed by atoms with van der Waals surface area (Å²) in [5, 5.41) is 3.26. The second-order valence-electron chi connectivity index (χ2n) is 5.29. The van der Waals surface area contributed by atoms with Crippen molar-refractivity contribution in [1.29, 1.82) is 0 Å². The zero-order valence-electron chi connectivity index (χ0n) is 12.6. The summed E-state index contributed by atoms with van der Waals surface area (Å²) < 4.78 is 1.62. The second-order valence-corrected chi connectivity index (χ2v) is 5.29. The van der Waals surface area contributed by atoms with Crippen molar-refractivity contribution in [1.82, 2.24) is 14.8 Å². The van der Waals surface area contributed by atoms with Crippen LogP contribution in [0.3, 0.4) is 0 Å². The highest BCUT2D eigenvalue weighted by molar-refractivity contribution is 5.62. The van der Waals surface area contributed by atoms with Crippen LogP contribution in [0.4, 0.5) is 0 Å². The Labute approximate surface area is 129 Å². The average Bonchev–Trinajstić information content (AvgIpc) is 2.91. The Morgan fingerprint density at radius 3 is 2.64 bits per heavy atom. The number of para-hydroxylation sites is 1. The summed E-state index contributed by atoms with van der Waals surface area (Å²) >= 11 is 0. The van der Waals surface area contributed by atoms with E-state index in [1.807, 2.05) is 42.5 Å². The van der Waals surface area contributed by atoms with Gasteiger partial charge in [-0.2, -0.15) is 0 Å². The molecule has 0 fully saturated rings. The number of rotatable bonds is 5. The van der Waals surface area contributed by atoms with Crippen LogP contribution >= 0.6 is 0 Å². The minimum atomic E-state index is 0.0264. The molecule has 2 aromatic heterocycles. The monoisotopic (exact) mass is 293 g/mol. The van der Waals surface area contributed by atoms with E-state index in [1.165, 1.54) is 0 Å². The fourth-order valence-electron chi connectivity index (χ4n) is 2.57. The van der Waals surface area contributed by atoms with Gasteiger partial charge in [0.2, 0.25) is 0 Å². The highest BCUT2D eigenvalue weighted by Crippen LogP contribution is 2.21. The highest BCUT2D eigenvalue weighted by Gasteiger charge is 2.16. The van der Waals surface area contributed by atoms with Gasteiger partial charge in [-0.3, -0.25) is 14.9 Å². The van der Waals surface area contributed by atoms with Crippen molar-refractivity contribution in [3.05, 3.63) is 70.8 Å². The molecule has 0 aliphatic carbocycles. The van der Waals surface area contributed by atoms with Gasteiger partial charge >= 0.3 is 0 Å². The molecule has 1 N–H and O–H groups in total. The molecular weight excluding hydrogens is 274 g/mol. The lowest BCUT2D eigenvalue weighted by Crippen LogP contribution is -2.17. The Hall–Kier alpha value is -2.62. The molecule has 112 valence electrons. The predicted octanol–water partition coefficient (Wildman–Crippen LogP) is 3.57. The van der Waals surface area contributed by atoms with E-state index in [0.29, 0.717) is 0 Å². The van der Waals surface area contributed by atoms with Crippen LogP contribution in [0, 0.1) is 0 Å². The van der Waals surface area contributed by atoms with Crippen LogP contribution in [0.15, 0.2) is 59.7 Å². The number of aromatic nitrogens is 3. The van der Waals surface area contributed by atoms with E-state index < -0.39 is 0 Å². The van der Waals surface area contributed by atoms with Gasteiger partial charge in [-0.25, -0.2) is 4.68 Å². The van der Waals surface area contributed by atoms with Gasteiger partial charge in [0.15, 0.2) is 0 Å². The van der Waals surface area contributed by atoms with Crippen LogP contribution < -0.4 is 5.56 Å². The molecule has 4 nitrogen and oxygen atoms in total. The molecule has 22 heavy (non-hydrogen) atoms. The Kier molecular flexibility index (Phi) is 4.19. The molecule has 0 saturated carbocycles. The summed E-state index contributed by atoms with van der Waals surface area (Å²) in [5.74, 6) is 0. The van der Waals surface area contributed by atoms with Gasteiger partial charge in [0, 0.05) is 23.5 Å². The maximum atomic E-state index is 12.8. The van der Waals surface area contributed by atoms with Crippen LogP contribution in [0.25, 0.3) is 16.9 Å². The van der Waals surface area contributed by atoms with Gasteiger partial charge in [-0.05, 0) is 37.1 Å². The number of nitrogens with one attached hydrogen (secondary N) is 1. The maximum absolute atomic E-state index is 12.8. The van der Waals surface area contributed by atoms with Crippen molar-refractivity contribution in [3.63, 3.8) is 0 Å². The van der Waals surface area contributed by atoms with Crippen molar-refractivity contribution < 1.29 is 0 Å². The van der Waals surface area contributed by atoms with Crippen LogP contribution in [-0.2, 0) is 6.42 Å². The molecule has 0 atom stereocenters. The third-order valence-corrected chi connectivity index (χ3v) is 3.73. The van der Waals surface area contributed by atoms with Crippen LogP contribution in [-0.4, -0.2) is 14.8 Å². The van der Waals surface area contributed by atoms with Gasteiger partial charge in [0.1, 0.15) is 0 Å².